The fourth-order valence-electron chi connectivity index (χ4n) is 2.08. The van der Waals surface area contributed by atoms with Crippen LogP contribution in [-0.4, -0.2) is 24.9 Å². The third-order valence-electron chi connectivity index (χ3n) is 3.02. The first-order valence-corrected chi connectivity index (χ1v) is 7.60. The van der Waals surface area contributed by atoms with Crippen LogP contribution < -0.4 is 5.32 Å². The molecule has 0 saturated heterocycles. The molecule has 1 aromatic rings. The first-order chi connectivity index (χ1) is 8.90. The number of ether oxygens (including phenoxy) is 1. The molecule has 1 N–H and O–H groups in total. The van der Waals surface area contributed by atoms with E-state index >= 15 is 0 Å². The fourth-order valence-corrected chi connectivity index (χ4v) is 3.12. The highest BCUT2D eigenvalue weighted by Crippen LogP contribution is 2.23. The van der Waals surface area contributed by atoms with Crippen molar-refractivity contribution in [2.75, 3.05) is 18.9 Å². The molecule has 18 heavy (non-hydrogen) atoms. The lowest BCUT2D eigenvalue weighted by molar-refractivity contribution is 0.220. The number of benzene rings is 1. The van der Waals surface area contributed by atoms with Gasteiger partial charge in [-0.25, -0.2) is 0 Å². The van der Waals surface area contributed by atoms with Crippen molar-refractivity contribution in [1.29, 1.82) is 0 Å². The Labute approximate surface area is 114 Å². The summed E-state index contributed by atoms with van der Waals surface area (Å²) in [6.45, 7) is 4.02. The second-order valence-corrected chi connectivity index (χ2v) is 5.49. The van der Waals surface area contributed by atoms with Crippen LogP contribution in [0.2, 0.25) is 0 Å². The van der Waals surface area contributed by atoms with Crippen molar-refractivity contribution in [3.05, 3.63) is 42.2 Å². The zero-order valence-corrected chi connectivity index (χ0v) is 11.7. The molecule has 1 unspecified atom stereocenters. The Bertz CT molecular complexity index is 377. The Morgan fingerprint density at radius 1 is 1.33 bits per heavy atom. The van der Waals surface area contributed by atoms with Crippen LogP contribution in [0.3, 0.4) is 0 Å². The second-order valence-electron chi connectivity index (χ2n) is 4.40. The van der Waals surface area contributed by atoms with Crippen LogP contribution in [0, 0.1) is 0 Å². The molecule has 0 amide bonds. The van der Waals surface area contributed by atoms with Crippen molar-refractivity contribution in [2.45, 2.75) is 30.7 Å². The average molecular weight is 263 g/mol. The number of hydrogen-bond acceptors (Lipinski definition) is 3. The van der Waals surface area contributed by atoms with Gasteiger partial charge in [-0.2, -0.15) is 0 Å². The summed E-state index contributed by atoms with van der Waals surface area (Å²) in [6, 6.07) is 11.0. The highest BCUT2D eigenvalue weighted by atomic mass is 32.2. The van der Waals surface area contributed by atoms with Crippen molar-refractivity contribution < 1.29 is 4.74 Å². The molecular formula is C15H21NOS. The summed E-state index contributed by atoms with van der Waals surface area (Å²) in [5.74, 6) is 1.06. The summed E-state index contributed by atoms with van der Waals surface area (Å²) < 4.78 is 5.45. The molecule has 1 heterocycles. The zero-order chi connectivity index (χ0) is 12.6. The van der Waals surface area contributed by atoms with E-state index in [9.17, 15) is 0 Å². The quantitative estimate of drug-likeness (QED) is 0.794. The van der Waals surface area contributed by atoms with Crippen molar-refractivity contribution in [2.24, 2.45) is 0 Å². The Morgan fingerprint density at radius 3 is 2.83 bits per heavy atom. The summed E-state index contributed by atoms with van der Waals surface area (Å²) >= 11 is 1.90. The largest absolute Gasteiger partial charge is 0.501 e. The zero-order valence-electron chi connectivity index (χ0n) is 10.9. The maximum absolute atomic E-state index is 5.45. The number of hydrogen-bond donors (Lipinski definition) is 1. The van der Waals surface area contributed by atoms with Crippen molar-refractivity contribution in [3.8, 4) is 0 Å². The highest BCUT2D eigenvalue weighted by molar-refractivity contribution is 7.99. The summed E-state index contributed by atoms with van der Waals surface area (Å²) in [5.41, 5.74) is 1.41. The standard InChI is InChI=1S/C15H21NOS/c1-2-16-15(13-7-6-10-17-11-13)12-18-14-8-4-3-5-9-14/h3-5,8-9,11,15-16H,2,6-7,10,12H2,1H3. The molecule has 0 aromatic heterocycles. The van der Waals surface area contributed by atoms with Gasteiger partial charge in [0.2, 0.25) is 0 Å². The number of thioether (sulfide) groups is 1. The van der Waals surface area contributed by atoms with Gasteiger partial charge in [0.25, 0.3) is 0 Å². The molecule has 0 bridgehead atoms. The number of nitrogens with one attached hydrogen (secondary N) is 1. The summed E-state index contributed by atoms with van der Waals surface area (Å²) in [4.78, 5) is 1.33. The Morgan fingerprint density at radius 2 is 2.17 bits per heavy atom. The molecule has 98 valence electrons. The third kappa shape index (κ3) is 4.07. The molecule has 1 aromatic carbocycles. The Hall–Kier alpha value is -0.930. The summed E-state index contributed by atoms with van der Waals surface area (Å²) in [7, 11) is 0. The van der Waals surface area contributed by atoms with Crippen LogP contribution in [0.1, 0.15) is 19.8 Å². The van der Waals surface area contributed by atoms with E-state index in [1.54, 1.807) is 0 Å². The Balaban J connectivity index is 1.91. The fraction of sp³-hybridized carbons (Fsp3) is 0.467. The van der Waals surface area contributed by atoms with Crippen molar-refractivity contribution in [3.63, 3.8) is 0 Å². The normalized spacial score (nSPS) is 16.8. The predicted octanol–water partition coefficient (Wildman–Crippen LogP) is 3.45. The lowest BCUT2D eigenvalue weighted by Crippen LogP contribution is -2.34. The van der Waals surface area contributed by atoms with Crippen LogP contribution in [0.5, 0.6) is 0 Å². The topological polar surface area (TPSA) is 21.3 Å². The van der Waals surface area contributed by atoms with Gasteiger partial charge in [0.15, 0.2) is 0 Å². The minimum atomic E-state index is 0.431. The lowest BCUT2D eigenvalue weighted by atomic mass is 10.0. The van der Waals surface area contributed by atoms with Gasteiger partial charge in [-0.15, -0.1) is 11.8 Å². The molecule has 3 heteroatoms. The van der Waals surface area contributed by atoms with Gasteiger partial charge in [0, 0.05) is 16.7 Å². The molecule has 2 nitrogen and oxygen atoms in total. The minimum absolute atomic E-state index is 0.431. The minimum Gasteiger partial charge on any atom is -0.501 e. The van der Waals surface area contributed by atoms with Crippen LogP contribution in [0.15, 0.2) is 47.1 Å². The molecule has 0 radical (unpaired) electrons. The van der Waals surface area contributed by atoms with E-state index < -0.39 is 0 Å². The Kier molecular flexibility index (Phi) is 5.62. The van der Waals surface area contributed by atoms with Gasteiger partial charge in [-0.3, -0.25) is 0 Å². The number of rotatable bonds is 6. The average Bonchev–Trinajstić information content (AvgIpc) is 2.45. The molecule has 1 aliphatic heterocycles. The number of likely N-dealkylation sites (N-methyl/N-ethyl adjacent to an activating group) is 1. The monoisotopic (exact) mass is 263 g/mol. The van der Waals surface area contributed by atoms with E-state index in [1.807, 2.05) is 18.0 Å². The van der Waals surface area contributed by atoms with Crippen LogP contribution in [0.25, 0.3) is 0 Å². The van der Waals surface area contributed by atoms with E-state index in [-0.39, 0.29) is 0 Å². The van der Waals surface area contributed by atoms with Crippen LogP contribution in [-0.2, 0) is 4.74 Å². The summed E-state index contributed by atoms with van der Waals surface area (Å²) in [6.07, 6.45) is 4.26. The SMILES string of the molecule is CCNC(CSc1ccccc1)C1=COCCC1. The van der Waals surface area contributed by atoms with E-state index in [4.69, 9.17) is 4.74 Å². The molecule has 1 aliphatic rings. The van der Waals surface area contributed by atoms with Gasteiger partial charge in [0.1, 0.15) is 0 Å². The molecule has 0 fully saturated rings. The predicted molar refractivity (Wildman–Crippen MR) is 77.9 cm³/mol. The van der Waals surface area contributed by atoms with Gasteiger partial charge in [-0.05, 0) is 37.1 Å². The maximum atomic E-state index is 5.45. The third-order valence-corrected chi connectivity index (χ3v) is 4.13. The van der Waals surface area contributed by atoms with E-state index in [0.717, 1.165) is 31.7 Å². The van der Waals surface area contributed by atoms with E-state index in [1.165, 1.54) is 10.5 Å². The molecule has 0 aliphatic carbocycles. The molecule has 1 atom stereocenters. The maximum Gasteiger partial charge on any atom is 0.0876 e. The first-order valence-electron chi connectivity index (χ1n) is 6.62. The van der Waals surface area contributed by atoms with Gasteiger partial charge in [0.05, 0.1) is 12.9 Å². The lowest BCUT2D eigenvalue weighted by Gasteiger charge is -2.23. The first kappa shape index (κ1) is 13.5. The molecule has 0 spiro atoms. The van der Waals surface area contributed by atoms with Gasteiger partial charge in [-0.1, -0.05) is 25.1 Å². The van der Waals surface area contributed by atoms with E-state index in [2.05, 4.69) is 42.6 Å². The molecular weight excluding hydrogens is 242 g/mol. The summed E-state index contributed by atoms with van der Waals surface area (Å²) in [5, 5.41) is 3.55. The van der Waals surface area contributed by atoms with Crippen molar-refractivity contribution in [1.82, 2.24) is 5.32 Å². The molecule has 0 saturated carbocycles. The second kappa shape index (κ2) is 7.49. The molecule has 2 rings (SSSR count). The van der Waals surface area contributed by atoms with Gasteiger partial charge >= 0.3 is 0 Å². The van der Waals surface area contributed by atoms with Crippen LogP contribution in [0.4, 0.5) is 0 Å². The van der Waals surface area contributed by atoms with Crippen molar-refractivity contribution >= 4 is 11.8 Å². The van der Waals surface area contributed by atoms with Gasteiger partial charge < -0.3 is 10.1 Å². The smallest absolute Gasteiger partial charge is 0.0876 e. The highest BCUT2D eigenvalue weighted by Gasteiger charge is 2.16. The van der Waals surface area contributed by atoms with E-state index in [0.29, 0.717) is 6.04 Å². The van der Waals surface area contributed by atoms with Crippen LogP contribution >= 0.6 is 11.8 Å².